The van der Waals surface area contributed by atoms with Gasteiger partial charge >= 0.3 is 0 Å². The Morgan fingerprint density at radius 2 is 1.75 bits per heavy atom. The van der Waals surface area contributed by atoms with Crippen LogP contribution in [0.2, 0.25) is 5.02 Å². The van der Waals surface area contributed by atoms with Crippen molar-refractivity contribution in [1.82, 2.24) is 9.80 Å². The van der Waals surface area contributed by atoms with E-state index in [0.717, 1.165) is 11.5 Å². The van der Waals surface area contributed by atoms with E-state index < -0.39 is 0 Å². The zero-order valence-electron chi connectivity index (χ0n) is 12.6. The van der Waals surface area contributed by atoms with Crippen LogP contribution >= 0.6 is 35.6 Å². The van der Waals surface area contributed by atoms with Crippen LogP contribution in [0.4, 0.5) is 0 Å². The average Bonchev–Trinajstić information content (AvgIpc) is 2.35. The van der Waals surface area contributed by atoms with Crippen LogP contribution in [-0.2, 0) is 4.74 Å². The lowest BCUT2D eigenvalue weighted by molar-refractivity contribution is 0.110. The van der Waals surface area contributed by atoms with Crippen molar-refractivity contribution in [3.63, 3.8) is 0 Å². The van der Waals surface area contributed by atoms with E-state index in [0.29, 0.717) is 11.6 Å². The third-order valence-corrected chi connectivity index (χ3v) is 3.08. The molecule has 0 aliphatic heterocycles. The van der Waals surface area contributed by atoms with Gasteiger partial charge in [-0.15, -0.1) is 24.0 Å². The highest BCUT2D eigenvalue weighted by Crippen LogP contribution is 2.25. The van der Waals surface area contributed by atoms with Crippen LogP contribution in [0.3, 0.4) is 0 Å². The maximum atomic E-state index is 6.19. The van der Waals surface area contributed by atoms with Crippen LogP contribution in [0.1, 0.15) is 11.7 Å². The van der Waals surface area contributed by atoms with E-state index in [1.165, 1.54) is 0 Å². The van der Waals surface area contributed by atoms with Gasteiger partial charge in [0.15, 0.2) is 5.96 Å². The fraction of sp³-hybridized carbons (Fsp3) is 0.500. The smallest absolute Gasteiger partial charge is 0.195 e. The second kappa shape index (κ2) is 9.41. The molecule has 6 heteroatoms. The summed E-state index contributed by atoms with van der Waals surface area (Å²) >= 11 is 6.19. The molecule has 0 aromatic heterocycles. The highest BCUT2D eigenvalue weighted by Gasteiger charge is 2.14. The predicted molar refractivity (Wildman–Crippen MR) is 96.3 cm³/mol. The van der Waals surface area contributed by atoms with E-state index in [4.69, 9.17) is 16.3 Å². The van der Waals surface area contributed by atoms with Crippen molar-refractivity contribution in [2.75, 3.05) is 41.8 Å². The normalized spacial score (nSPS) is 11.3. The molecule has 0 saturated heterocycles. The molecule has 1 atom stereocenters. The van der Waals surface area contributed by atoms with Crippen LogP contribution in [0, 0.1) is 0 Å². The lowest BCUT2D eigenvalue weighted by Crippen LogP contribution is -2.35. The second-order valence-electron chi connectivity index (χ2n) is 4.68. The van der Waals surface area contributed by atoms with Gasteiger partial charge in [0.2, 0.25) is 0 Å². The molecule has 1 aromatic carbocycles. The molecule has 114 valence electrons. The largest absolute Gasteiger partial charge is 0.375 e. The van der Waals surface area contributed by atoms with Gasteiger partial charge < -0.3 is 14.5 Å². The van der Waals surface area contributed by atoms with E-state index in [1.807, 2.05) is 62.3 Å². The summed E-state index contributed by atoms with van der Waals surface area (Å²) in [7, 11) is 9.55. The number of rotatable bonds is 4. The van der Waals surface area contributed by atoms with Crippen LogP contribution in [0.15, 0.2) is 29.3 Å². The van der Waals surface area contributed by atoms with E-state index in [2.05, 4.69) is 4.99 Å². The van der Waals surface area contributed by atoms with Crippen molar-refractivity contribution in [2.24, 2.45) is 4.99 Å². The van der Waals surface area contributed by atoms with Crippen LogP contribution < -0.4 is 0 Å². The summed E-state index contributed by atoms with van der Waals surface area (Å²) in [5.74, 6) is 0.897. The predicted octanol–water partition coefficient (Wildman–Crippen LogP) is 3.12. The molecule has 0 amide bonds. The van der Waals surface area contributed by atoms with Gasteiger partial charge in [-0.3, -0.25) is 0 Å². The van der Waals surface area contributed by atoms with Crippen molar-refractivity contribution >= 4 is 41.5 Å². The molecule has 0 N–H and O–H groups in total. The maximum Gasteiger partial charge on any atom is 0.195 e. The first-order chi connectivity index (χ1) is 8.97. The van der Waals surface area contributed by atoms with Crippen LogP contribution in [-0.4, -0.2) is 57.6 Å². The molecular formula is C14H23ClIN3O. The Labute approximate surface area is 143 Å². The zero-order valence-corrected chi connectivity index (χ0v) is 15.7. The minimum absolute atomic E-state index is 0. The SMILES string of the molecule is COC(CN=C(N(C)C)N(C)C)c1ccccc1Cl.I. The number of guanidine groups is 1. The molecule has 0 bridgehead atoms. The number of ether oxygens (including phenoxy) is 1. The number of hydrogen-bond donors (Lipinski definition) is 0. The Bertz CT molecular complexity index is 428. The number of hydrogen-bond acceptors (Lipinski definition) is 2. The molecule has 0 heterocycles. The van der Waals surface area contributed by atoms with Crippen molar-refractivity contribution in [1.29, 1.82) is 0 Å². The van der Waals surface area contributed by atoms with E-state index in [1.54, 1.807) is 7.11 Å². The monoisotopic (exact) mass is 411 g/mol. The molecule has 1 aromatic rings. The molecule has 0 aliphatic carbocycles. The van der Waals surface area contributed by atoms with Crippen LogP contribution in [0.5, 0.6) is 0 Å². The maximum absolute atomic E-state index is 6.19. The van der Waals surface area contributed by atoms with E-state index >= 15 is 0 Å². The van der Waals surface area contributed by atoms with Crippen molar-refractivity contribution < 1.29 is 4.74 Å². The van der Waals surface area contributed by atoms with Crippen LogP contribution in [0.25, 0.3) is 0 Å². The molecule has 0 aliphatic rings. The summed E-state index contributed by atoms with van der Waals surface area (Å²) < 4.78 is 5.50. The average molecular weight is 412 g/mol. The van der Waals surface area contributed by atoms with Gasteiger partial charge in [-0.1, -0.05) is 29.8 Å². The molecular weight excluding hydrogens is 389 g/mol. The minimum atomic E-state index is -0.136. The van der Waals surface area contributed by atoms with E-state index in [-0.39, 0.29) is 30.1 Å². The summed E-state index contributed by atoms with van der Waals surface area (Å²) in [6.45, 7) is 0.534. The molecule has 1 unspecified atom stereocenters. The topological polar surface area (TPSA) is 28.1 Å². The first-order valence-corrected chi connectivity index (χ1v) is 6.51. The van der Waals surface area contributed by atoms with Gasteiger partial charge in [0, 0.05) is 45.9 Å². The molecule has 4 nitrogen and oxygen atoms in total. The summed E-state index contributed by atoms with van der Waals surface area (Å²) in [5, 5.41) is 0.709. The van der Waals surface area contributed by atoms with E-state index in [9.17, 15) is 0 Å². The fourth-order valence-corrected chi connectivity index (χ4v) is 2.14. The Hall–Kier alpha value is -0.530. The minimum Gasteiger partial charge on any atom is -0.375 e. The zero-order chi connectivity index (χ0) is 14.4. The van der Waals surface area contributed by atoms with Crippen molar-refractivity contribution in [3.8, 4) is 0 Å². The molecule has 0 spiro atoms. The first-order valence-electron chi connectivity index (χ1n) is 6.13. The van der Waals surface area contributed by atoms with Crippen molar-refractivity contribution in [3.05, 3.63) is 34.9 Å². The first kappa shape index (κ1) is 19.5. The molecule has 0 saturated carbocycles. The number of nitrogens with zero attached hydrogens (tertiary/aromatic N) is 3. The van der Waals surface area contributed by atoms with Gasteiger partial charge in [-0.05, 0) is 6.07 Å². The summed E-state index contributed by atoms with van der Waals surface area (Å²) in [5.41, 5.74) is 0.965. The molecule has 0 fully saturated rings. The Morgan fingerprint density at radius 3 is 2.20 bits per heavy atom. The molecule has 20 heavy (non-hydrogen) atoms. The standard InChI is InChI=1S/C14H22ClN3O.HI/c1-17(2)14(18(3)4)16-10-13(19-5)11-8-6-7-9-12(11)15;/h6-9,13H,10H2,1-5H3;1H. The number of aliphatic imine (C=N–C) groups is 1. The fourth-order valence-electron chi connectivity index (χ4n) is 1.88. The Kier molecular flexibility index (Phi) is 9.16. The summed E-state index contributed by atoms with van der Waals surface area (Å²) in [6, 6.07) is 7.70. The summed E-state index contributed by atoms with van der Waals surface area (Å²) in [4.78, 5) is 8.54. The second-order valence-corrected chi connectivity index (χ2v) is 5.08. The van der Waals surface area contributed by atoms with Crippen molar-refractivity contribution in [2.45, 2.75) is 6.10 Å². The third-order valence-electron chi connectivity index (χ3n) is 2.74. The van der Waals surface area contributed by atoms with Gasteiger partial charge in [0.25, 0.3) is 0 Å². The lowest BCUT2D eigenvalue weighted by Gasteiger charge is -2.24. The number of methoxy groups -OCH3 is 1. The highest BCUT2D eigenvalue weighted by molar-refractivity contribution is 14.0. The molecule has 0 radical (unpaired) electrons. The lowest BCUT2D eigenvalue weighted by atomic mass is 10.1. The summed E-state index contributed by atoms with van der Waals surface area (Å²) in [6.07, 6.45) is -0.136. The number of benzene rings is 1. The third kappa shape index (κ3) is 5.46. The van der Waals surface area contributed by atoms with Gasteiger partial charge in [0.05, 0.1) is 6.54 Å². The number of halogens is 2. The Balaban J connectivity index is 0.00000361. The van der Waals surface area contributed by atoms with Gasteiger partial charge in [-0.2, -0.15) is 0 Å². The Morgan fingerprint density at radius 1 is 1.20 bits per heavy atom. The quantitative estimate of drug-likeness (QED) is 0.433. The van der Waals surface area contributed by atoms with Gasteiger partial charge in [-0.25, -0.2) is 4.99 Å². The van der Waals surface area contributed by atoms with Gasteiger partial charge in [0.1, 0.15) is 6.10 Å². The molecule has 1 rings (SSSR count). The highest BCUT2D eigenvalue weighted by atomic mass is 127.